The predicted octanol–water partition coefficient (Wildman–Crippen LogP) is 9.60. The summed E-state index contributed by atoms with van der Waals surface area (Å²) in [5.74, 6) is 0. The summed E-state index contributed by atoms with van der Waals surface area (Å²) in [6, 6.07) is 22.9. The Morgan fingerprint density at radius 1 is 0.576 bits per heavy atom. The molecule has 0 saturated carbocycles. The minimum Gasteiger partial charge on any atom is -0.0622 e. The van der Waals surface area contributed by atoms with Crippen molar-refractivity contribution in [2.24, 2.45) is 5.41 Å². The van der Waals surface area contributed by atoms with E-state index in [0.717, 1.165) is 6.42 Å². The molecule has 0 atom stereocenters. The van der Waals surface area contributed by atoms with E-state index in [4.69, 9.17) is 0 Å². The second kappa shape index (κ2) is 8.01. The summed E-state index contributed by atoms with van der Waals surface area (Å²) in [6.45, 7) is 20.9. The maximum Gasteiger partial charge on any atom is -0.00298 e. The van der Waals surface area contributed by atoms with E-state index in [9.17, 15) is 0 Å². The molecule has 3 aromatic rings. The van der Waals surface area contributed by atoms with Gasteiger partial charge in [-0.2, -0.15) is 0 Å². The summed E-state index contributed by atoms with van der Waals surface area (Å²) in [6.07, 6.45) is 3.53. The Labute approximate surface area is 201 Å². The average Bonchev–Trinajstić information content (AvgIpc) is 3.17. The second-order valence-electron chi connectivity index (χ2n) is 12.8. The zero-order chi connectivity index (χ0) is 24.2. The lowest BCUT2D eigenvalue weighted by atomic mass is 9.77. The first-order valence-electron chi connectivity index (χ1n) is 12.3. The van der Waals surface area contributed by atoms with Crippen LogP contribution in [0, 0.1) is 5.41 Å². The van der Waals surface area contributed by atoms with Crippen LogP contribution in [0.4, 0.5) is 0 Å². The lowest BCUT2D eigenvalue weighted by molar-refractivity contribution is 0.498. The van der Waals surface area contributed by atoms with Gasteiger partial charge in [0.1, 0.15) is 0 Å². The van der Waals surface area contributed by atoms with Gasteiger partial charge in [-0.25, -0.2) is 0 Å². The fourth-order valence-corrected chi connectivity index (χ4v) is 4.70. The number of benzene rings is 3. The van der Waals surface area contributed by atoms with Gasteiger partial charge in [0.2, 0.25) is 0 Å². The zero-order valence-corrected chi connectivity index (χ0v) is 22.1. The van der Waals surface area contributed by atoms with Gasteiger partial charge in [-0.1, -0.05) is 135 Å². The highest BCUT2D eigenvalue weighted by atomic mass is 14.3. The zero-order valence-electron chi connectivity index (χ0n) is 22.1. The molecular formula is C33H40. The van der Waals surface area contributed by atoms with Crippen molar-refractivity contribution in [2.45, 2.75) is 79.6 Å². The minimum absolute atomic E-state index is 0.0906. The molecule has 1 aliphatic rings. The van der Waals surface area contributed by atoms with Gasteiger partial charge in [-0.15, -0.1) is 0 Å². The molecule has 0 nitrogen and oxygen atoms in total. The Balaban J connectivity index is 2.07. The maximum absolute atomic E-state index is 2.48. The summed E-state index contributed by atoms with van der Waals surface area (Å²) in [5, 5.41) is 0. The van der Waals surface area contributed by atoms with Gasteiger partial charge in [0, 0.05) is 0 Å². The normalized spacial score (nSPS) is 14.3. The molecule has 172 valence electrons. The molecular weight excluding hydrogens is 396 g/mol. The van der Waals surface area contributed by atoms with Crippen molar-refractivity contribution in [3.8, 4) is 22.3 Å². The molecule has 0 N–H and O–H groups in total. The van der Waals surface area contributed by atoms with Gasteiger partial charge in [0.25, 0.3) is 0 Å². The van der Waals surface area contributed by atoms with E-state index in [1.165, 1.54) is 50.1 Å². The van der Waals surface area contributed by atoms with Crippen molar-refractivity contribution in [2.75, 3.05) is 0 Å². The SMILES string of the molecule is CC(C)(C)C1=Cc2c(ccc(-c3ccccc3)c2-c2cc(C(C)(C)C)cc(C(C)(C)C)c2)C1. The lowest BCUT2D eigenvalue weighted by Crippen LogP contribution is -2.16. The Bertz CT molecular complexity index is 1170. The molecule has 0 fully saturated rings. The summed E-state index contributed by atoms with van der Waals surface area (Å²) in [7, 11) is 0. The molecule has 0 aromatic heterocycles. The highest BCUT2D eigenvalue weighted by Gasteiger charge is 2.28. The van der Waals surface area contributed by atoms with Crippen LogP contribution in [0.5, 0.6) is 0 Å². The Hall–Kier alpha value is -2.60. The van der Waals surface area contributed by atoms with Crippen LogP contribution in [0.15, 0.2) is 66.2 Å². The smallest absolute Gasteiger partial charge is 0.00298 e. The van der Waals surface area contributed by atoms with E-state index in [-0.39, 0.29) is 16.2 Å². The van der Waals surface area contributed by atoms with Crippen molar-refractivity contribution < 1.29 is 0 Å². The molecule has 0 heteroatoms. The molecule has 0 bridgehead atoms. The van der Waals surface area contributed by atoms with Gasteiger partial charge in [0.15, 0.2) is 0 Å². The topological polar surface area (TPSA) is 0 Å². The van der Waals surface area contributed by atoms with Crippen LogP contribution < -0.4 is 0 Å². The first-order valence-corrected chi connectivity index (χ1v) is 12.3. The summed E-state index contributed by atoms with van der Waals surface area (Å²) < 4.78 is 0. The third-order valence-corrected chi connectivity index (χ3v) is 7.04. The molecule has 0 radical (unpaired) electrons. The maximum atomic E-state index is 2.48. The van der Waals surface area contributed by atoms with E-state index < -0.39 is 0 Å². The van der Waals surface area contributed by atoms with E-state index >= 15 is 0 Å². The van der Waals surface area contributed by atoms with Crippen LogP contribution in [-0.4, -0.2) is 0 Å². The highest BCUT2D eigenvalue weighted by molar-refractivity contribution is 5.93. The van der Waals surface area contributed by atoms with Crippen LogP contribution in [0.2, 0.25) is 0 Å². The first-order chi connectivity index (χ1) is 15.2. The number of hydrogen-bond acceptors (Lipinski definition) is 0. The number of allylic oxidation sites excluding steroid dienone is 1. The van der Waals surface area contributed by atoms with Gasteiger partial charge >= 0.3 is 0 Å². The van der Waals surface area contributed by atoms with Crippen LogP contribution >= 0.6 is 0 Å². The Kier molecular flexibility index (Phi) is 5.72. The van der Waals surface area contributed by atoms with Crippen LogP contribution in [0.1, 0.15) is 84.6 Å². The van der Waals surface area contributed by atoms with Crippen molar-refractivity contribution >= 4 is 6.08 Å². The van der Waals surface area contributed by atoms with Crippen LogP contribution in [0.3, 0.4) is 0 Å². The van der Waals surface area contributed by atoms with Gasteiger partial charge in [-0.05, 0) is 67.2 Å². The van der Waals surface area contributed by atoms with Crippen molar-refractivity contribution in [1.29, 1.82) is 0 Å². The molecule has 3 aromatic carbocycles. The predicted molar refractivity (Wildman–Crippen MR) is 146 cm³/mol. The van der Waals surface area contributed by atoms with Gasteiger partial charge < -0.3 is 0 Å². The average molecular weight is 437 g/mol. The molecule has 0 spiro atoms. The number of fused-ring (bicyclic) bond motifs is 1. The van der Waals surface area contributed by atoms with Crippen molar-refractivity contribution in [1.82, 2.24) is 0 Å². The molecule has 0 unspecified atom stereocenters. The standard InChI is InChI=1S/C33H40/c1-31(2,3)25-18-24(19-26(20-25)32(4,5)6)30-28(22-13-11-10-12-14-22)16-15-23-17-27(21-29(23)30)33(7,8)9/h10-16,18-21H,17H2,1-9H3. The van der Waals surface area contributed by atoms with Crippen molar-refractivity contribution in [3.63, 3.8) is 0 Å². The summed E-state index contributed by atoms with van der Waals surface area (Å²) in [4.78, 5) is 0. The third kappa shape index (κ3) is 4.72. The monoisotopic (exact) mass is 436 g/mol. The second-order valence-corrected chi connectivity index (χ2v) is 12.8. The van der Waals surface area contributed by atoms with E-state index in [0.29, 0.717) is 0 Å². The fourth-order valence-electron chi connectivity index (χ4n) is 4.70. The molecule has 0 aliphatic heterocycles. The minimum atomic E-state index is 0.0906. The summed E-state index contributed by atoms with van der Waals surface area (Å²) in [5.41, 5.74) is 12.9. The van der Waals surface area contributed by atoms with Gasteiger partial charge in [0.05, 0.1) is 0 Å². The molecule has 0 saturated heterocycles. The third-order valence-electron chi connectivity index (χ3n) is 7.04. The first kappa shape index (κ1) is 23.6. The van der Waals surface area contributed by atoms with Crippen molar-refractivity contribution in [3.05, 3.63) is 88.5 Å². The Morgan fingerprint density at radius 3 is 1.67 bits per heavy atom. The number of rotatable bonds is 2. The lowest BCUT2D eigenvalue weighted by Gasteiger charge is -2.27. The van der Waals surface area contributed by atoms with E-state index in [1.807, 2.05) is 0 Å². The highest BCUT2D eigenvalue weighted by Crippen LogP contribution is 2.46. The van der Waals surface area contributed by atoms with Crippen LogP contribution in [-0.2, 0) is 17.3 Å². The number of hydrogen-bond donors (Lipinski definition) is 0. The van der Waals surface area contributed by atoms with E-state index in [1.54, 1.807) is 0 Å². The van der Waals surface area contributed by atoms with Crippen LogP contribution in [0.25, 0.3) is 28.3 Å². The van der Waals surface area contributed by atoms with E-state index in [2.05, 4.69) is 129 Å². The van der Waals surface area contributed by atoms with Gasteiger partial charge in [-0.3, -0.25) is 0 Å². The molecule has 4 rings (SSSR count). The molecule has 0 amide bonds. The molecule has 0 heterocycles. The molecule has 1 aliphatic carbocycles. The largest absolute Gasteiger partial charge is 0.0622 e. The quantitative estimate of drug-likeness (QED) is 0.375. The Morgan fingerprint density at radius 2 is 1.15 bits per heavy atom. The molecule has 33 heavy (non-hydrogen) atoms. The fraction of sp³-hybridized carbons (Fsp3) is 0.394. The summed E-state index contributed by atoms with van der Waals surface area (Å²) >= 11 is 0.